The molecule has 1 saturated heterocycles. The van der Waals surface area contributed by atoms with Gasteiger partial charge in [0.2, 0.25) is 15.9 Å². The fraction of sp³-hybridized carbons (Fsp3) is 0.435. The van der Waals surface area contributed by atoms with Gasteiger partial charge in [-0.1, -0.05) is 35.9 Å². The highest BCUT2D eigenvalue weighted by atomic mass is 35.5. The molecule has 9 heteroatoms. The van der Waals surface area contributed by atoms with Crippen LogP contribution in [0.4, 0.5) is 5.69 Å². The summed E-state index contributed by atoms with van der Waals surface area (Å²) < 4.78 is 28.0. The summed E-state index contributed by atoms with van der Waals surface area (Å²) in [5, 5.41) is 3.69. The van der Waals surface area contributed by atoms with Crippen LogP contribution in [0, 0.1) is 12.8 Å². The molecular formula is C23H30ClN3O3S2. The summed E-state index contributed by atoms with van der Waals surface area (Å²) in [6.07, 6.45) is 3.32. The van der Waals surface area contributed by atoms with Crippen molar-refractivity contribution in [2.24, 2.45) is 5.92 Å². The van der Waals surface area contributed by atoms with E-state index in [1.54, 1.807) is 30.0 Å². The van der Waals surface area contributed by atoms with Gasteiger partial charge in [0, 0.05) is 30.3 Å². The number of aryl methyl sites for hydroxylation is 1. The molecule has 0 spiro atoms. The molecule has 1 amide bonds. The molecule has 2 aromatic rings. The third-order valence-electron chi connectivity index (χ3n) is 5.64. The van der Waals surface area contributed by atoms with E-state index >= 15 is 0 Å². The number of halogens is 1. The Morgan fingerprint density at radius 2 is 2.00 bits per heavy atom. The molecule has 174 valence electrons. The fourth-order valence-electron chi connectivity index (χ4n) is 3.84. The molecule has 1 aliphatic rings. The van der Waals surface area contributed by atoms with E-state index in [0.717, 1.165) is 25.2 Å². The zero-order valence-corrected chi connectivity index (χ0v) is 20.8. The van der Waals surface area contributed by atoms with Gasteiger partial charge in [-0.25, -0.2) is 8.42 Å². The number of hydrogen-bond donors (Lipinski definition) is 2. The maximum atomic E-state index is 12.9. The Balaban J connectivity index is 1.59. The van der Waals surface area contributed by atoms with Crippen LogP contribution in [0.1, 0.15) is 18.4 Å². The predicted octanol–water partition coefficient (Wildman–Crippen LogP) is 3.69. The molecule has 0 radical (unpaired) electrons. The number of sulfonamides is 1. The first-order valence-electron chi connectivity index (χ1n) is 10.7. The molecule has 0 saturated carbocycles. The van der Waals surface area contributed by atoms with Crippen LogP contribution in [-0.2, 0) is 14.8 Å². The first kappa shape index (κ1) is 24.9. The average Bonchev–Trinajstić information content (AvgIpc) is 3.26. The fourth-order valence-corrected chi connectivity index (χ4v) is 5.73. The number of nitrogens with zero attached hydrogens (tertiary/aromatic N) is 1. The first-order valence-corrected chi connectivity index (χ1v) is 13.9. The van der Waals surface area contributed by atoms with Gasteiger partial charge in [0.05, 0.1) is 4.90 Å². The highest BCUT2D eigenvalue weighted by molar-refractivity contribution is 7.98. The van der Waals surface area contributed by atoms with Crippen molar-refractivity contribution in [3.8, 4) is 0 Å². The first-order chi connectivity index (χ1) is 15.3. The van der Waals surface area contributed by atoms with Gasteiger partial charge in [-0.3, -0.25) is 4.79 Å². The van der Waals surface area contributed by atoms with Crippen LogP contribution in [0.25, 0.3) is 0 Å². The number of nitrogens with one attached hydrogen (secondary N) is 2. The Hall–Kier alpha value is -1.74. The molecular weight excluding hydrogens is 466 g/mol. The third kappa shape index (κ3) is 6.63. The highest BCUT2D eigenvalue weighted by Crippen LogP contribution is 2.29. The van der Waals surface area contributed by atoms with Crippen molar-refractivity contribution >= 4 is 45.0 Å². The van der Waals surface area contributed by atoms with Crippen molar-refractivity contribution < 1.29 is 13.2 Å². The number of carbonyl (C=O) groups is 1. The van der Waals surface area contributed by atoms with Gasteiger partial charge in [0.15, 0.2) is 0 Å². The van der Waals surface area contributed by atoms with Gasteiger partial charge in [-0.15, -0.1) is 0 Å². The number of benzene rings is 2. The van der Waals surface area contributed by atoms with Gasteiger partial charge in [-0.05, 0) is 67.5 Å². The maximum absolute atomic E-state index is 12.9. The standard InChI is InChI=1S/C23H30ClN3O3S2/c1-17-8-9-19(24)14-22(17)27-12-10-18(16-27)15-25-23(28)21(11-13-31-2)26-32(29,30)20-6-4-3-5-7-20/h3-9,14,18,21,26H,10-13,15-16H2,1-2H3,(H,25,28). The van der Waals surface area contributed by atoms with Crippen LogP contribution in [-0.4, -0.2) is 52.0 Å². The number of thioether (sulfide) groups is 1. The van der Waals surface area contributed by atoms with Gasteiger partial charge in [0.1, 0.15) is 6.04 Å². The van der Waals surface area contributed by atoms with E-state index in [2.05, 4.69) is 21.9 Å². The lowest BCUT2D eigenvalue weighted by Crippen LogP contribution is -2.48. The monoisotopic (exact) mass is 495 g/mol. The van der Waals surface area contributed by atoms with Gasteiger partial charge < -0.3 is 10.2 Å². The summed E-state index contributed by atoms with van der Waals surface area (Å²) in [4.78, 5) is 15.3. The number of rotatable bonds is 10. The highest BCUT2D eigenvalue weighted by Gasteiger charge is 2.28. The Morgan fingerprint density at radius 1 is 1.25 bits per heavy atom. The van der Waals surface area contributed by atoms with E-state index in [1.165, 1.54) is 17.7 Å². The molecule has 32 heavy (non-hydrogen) atoms. The predicted molar refractivity (Wildman–Crippen MR) is 133 cm³/mol. The molecule has 2 unspecified atom stereocenters. The molecule has 6 nitrogen and oxygen atoms in total. The topological polar surface area (TPSA) is 78.5 Å². The van der Waals surface area contributed by atoms with Gasteiger partial charge in [-0.2, -0.15) is 16.5 Å². The Bertz CT molecular complexity index is 1020. The second kappa shape index (κ2) is 11.4. The Kier molecular flexibility index (Phi) is 8.87. The van der Waals surface area contributed by atoms with E-state index < -0.39 is 16.1 Å². The zero-order chi connectivity index (χ0) is 23.1. The molecule has 2 atom stereocenters. The smallest absolute Gasteiger partial charge is 0.241 e. The largest absolute Gasteiger partial charge is 0.371 e. The van der Waals surface area contributed by atoms with Crippen LogP contribution >= 0.6 is 23.4 Å². The lowest BCUT2D eigenvalue weighted by atomic mass is 10.1. The zero-order valence-electron chi connectivity index (χ0n) is 18.4. The van der Waals surface area contributed by atoms with E-state index in [1.807, 2.05) is 24.5 Å². The number of anilines is 1. The number of amides is 1. The minimum Gasteiger partial charge on any atom is -0.371 e. The molecule has 1 heterocycles. The molecule has 2 N–H and O–H groups in total. The van der Waals surface area contributed by atoms with Crippen LogP contribution in [0.2, 0.25) is 5.02 Å². The molecule has 1 fully saturated rings. The van der Waals surface area contributed by atoms with Crippen LogP contribution in [0.5, 0.6) is 0 Å². The molecule has 0 aliphatic carbocycles. The van der Waals surface area contributed by atoms with E-state index in [-0.39, 0.29) is 10.8 Å². The molecule has 0 bridgehead atoms. The summed E-state index contributed by atoms with van der Waals surface area (Å²) >= 11 is 7.75. The molecule has 2 aromatic carbocycles. The second-order valence-corrected chi connectivity index (χ2v) is 11.2. The Morgan fingerprint density at radius 3 is 2.72 bits per heavy atom. The second-order valence-electron chi connectivity index (χ2n) is 8.05. The summed E-state index contributed by atoms with van der Waals surface area (Å²) in [5.41, 5.74) is 2.30. The van der Waals surface area contributed by atoms with Crippen molar-refractivity contribution in [2.45, 2.75) is 30.7 Å². The van der Waals surface area contributed by atoms with E-state index in [4.69, 9.17) is 11.6 Å². The summed E-state index contributed by atoms with van der Waals surface area (Å²) in [7, 11) is -3.77. The summed E-state index contributed by atoms with van der Waals surface area (Å²) in [5.74, 6) is 0.695. The molecule has 3 rings (SSSR count). The van der Waals surface area contributed by atoms with Crippen LogP contribution in [0.15, 0.2) is 53.4 Å². The Labute approximate surface area is 200 Å². The van der Waals surface area contributed by atoms with E-state index in [0.29, 0.717) is 29.7 Å². The van der Waals surface area contributed by atoms with Crippen molar-refractivity contribution in [1.82, 2.24) is 10.0 Å². The average molecular weight is 496 g/mol. The lowest BCUT2D eigenvalue weighted by Gasteiger charge is -2.22. The van der Waals surface area contributed by atoms with Crippen molar-refractivity contribution in [3.05, 3.63) is 59.1 Å². The SMILES string of the molecule is CSCCC(NS(=O)(=O)c1ccccc1)C(=O)NCC1CCN(c2cc(Cl)ccc2C)C1. The maximum Gasteiger partial charge on any atom is 0.241 e. The van der Waals surface area contributed by atoms with Gasteiger partial charge in [0.25, 0.3) is 0 Å². The van der Waals surface area contributed by atoms with Crippen molar-refractivity contribution in [3.63, 3.8) is 0 Å². The van der Waals surface area contributed by atoms with Gasteiger partial charge >= 0.3 is 0 Å². The lowest BCUT2D eigenvalue weighted by molar-refractivity contribution is -0.122. The minimum absolute atomic E-state index is 0.158. The van der Waals surface area contributed by atoms with Crippen LogP contribution in [0.3, 0.4) is 0 Å². The number of carbonyl (C=O) groups excluding carboxylic acids is 1. The van der Waals surface area contributed by atoms with Crippen LogP contribution < -0.4 is 14.9 Å². The third-order valence-corrected chi connectivity index (χ3v) is 8.01. The van der Waals surface area contributed by atoms with Crippen molar-refractivity contribution in [2.75, 3.05) is 36.5 Å². The minimum atomic E-state index is -3.77. The molecule has 1 aliphatic heterocycles. The van der Waals surface area contributed by atoms with Crippen molar-refractivity contribution in [1.29, 1.82) is 0 Å². The van der Waals surface area contributed by atoms with E-state index in [9.17, 15) is 13.2 Å². The quantitative estimate of drug-likeness (QED) is 0.525. The summed E-state index contributed by atoms with van der Waals surface area (Å²) in [6, 6.07) is 13.2. The normalized spacial score (nSPS) is 17.3. The number of hydrogen-bond acceptors (Lipinski definition) is 5. The molecule has 0 aromatic heterocycles. The summed E-state index contributed by atoms with van der Waals surface area (Å²) in [6.45, 7) is 4.30.